The first kappa shape index (κ1) is 32.4. The van der Waals surface area contributed by atoms with E-state index in [1.807, 2.05) is 24.7 Å². The minimum absolute atomic E-state index is 0.598. The zero-order valence-corrected chi connectivity index (χ0v) is 30.1. The summed E-state index contributed by atoms with van der Waals surface area (Å²) < 4.78 is 17.1. The molecule has 15 heteroatoms. The van der Waals surface area contributed by atoms with Gasteiger partial charge in [0.05, 0.1) is 47.5 Å². The predicted molar refractivity (Wildman–Crippen MR) is 185 cm³/mol. The number of anilines is 2. The smallest absolute Gasteiger partial charge is 0.213 e. The number of halogens is 2. The van der Waals surface area contributed by atoms with Crippen LogP contribution in [0.15, 0.2) is 56.6 Å². The number of nitrogens with one attached hydrogen (secondary N) is 1. The topological polar surface area (TPSA) is 101 Å². The maximum Gasteiger partial charge on any atom is 0.213 e. The molecule has 4 atom stereocenters. The van der Waals surface area contributed by atoms with Gasteiger partial charge in [-0.15, -0.1) is 0 Å². The molecule has 0 spiro atoms. The summed E-state index contributed by atoms with van der Waals surface area (Å²) in [5.74, 6) is 2.01. The second kappa shape index (κ2) is 14.9. The molecular weight excluding hydrogens is 744 g/mol. The van der Waals surface area contributed by atoms with E-state index in [0.717, 1.165) is 56.3 Å². The predicted octanol–water partition coefficient (Wildman–Crippen LogP) is 5.33. The lowest BCUT2D eigenvalue weighted by molar-refractivity contribution is -0.00852. The average Bonchev–Trinajstić information content (AvgIpc) is 3.72. The summed E-state index contributed by atoms with van der Waals surface area (Å²) in [5.41, 5.74) is 1.25. The van der Waals surface area contributed by atoms with Crippen LogP contribution >= 0.6 is 54.5 Å². The van der Waals surface area contributed by atoms with E-state index in [1.54, 1.807) is 62.3 Å². The molecule has 45 heavy (non-hydrogen) atoms. The summed E-state index contributed by atoms with van der Waals surface area (Å²) in [6.45, 7) is 5.36. The Balaban J connectivity index is 0.000000132. The van der Waals surface area contributed by atoms with Gasteiger partial charge in [0, 0.05) is 75.2 Å². The van der Waals surface area contributed by atoms with Gasteiger partial charge >= 0.3 is 0 Å². The van der Waals surface area contributed by atoms with Crippen LogP contribution in [0.1, 0.15) is 18.4 Å². The lowest BCUT2D eigenvalue weighted by atomic mass is 9.87. The molecule has 4 unspecified atom stereocenters. The number of nitrogens with zero attached hydrogens (tertiary/aromatic N) is 7. The van der Waals surface area contributed by atoms with Crippen molar-refractivity contribution in [3.63, 3.8) is 0 Å². The van der Waals surface area contributed by atoms with Crippen LogP contribution in [-0.4, -0.2) is 96.5 Å². The highest BCUT2D eigenvalue weighted by Crippen LogP contribution is 2.38. The molecule has 0 amide bonds. The van der Waals surface area contributed by atoms with Crippen LogP contribution in [0, 0.1) is 0 Å². The van der Waals surface area contributed by atoms with Gasteiger partial charge in [0.25, 0.3) is 0 Å². The number of piperazine rings is 2. The first-order valence-electron chi connectivity index (χ1n) is 14.7. The van der Waals surface area contributed by atoms with Gasteiger partial charge in [-0.3, -0.25) is 4.90 Å². The quantitative estimate of drug-likeness (QED) is 0.264. The van der Waals surface area contributed by atoms with Crippen molar-refractivity contribution in [2.24, 2.45) is 0 Å². The molecule has 6 fully saturated rings. The minimum Gasteiger partial charge on any atom is -0.495 e. The molecule has 0 radical (unpaired) electrons. The maximum absolute atomic E-state index is 5.11. The molecule has 6 saturated heterocycles. The van der Waals surface area contributed by atoms with Gasteiger partial charge < -0.3 is 29.3 Å². The molecule has 6 aliphatic rings. The first-order valence-corrected chi connectivity index (χ1v) is 17.9. The Morgan fingerprint density at radius 1 is 0.711 bits per heavy atom. The second-order valence-electron chi connectivity index (χ2n) is 11.2. The molecule has 240 valence electrons. The highest BCUT2D eigenvalue weighted by atomic mass is 79.9. The summed E-state index contributed by atoms with van der Waals surface area (Å²) in [6.07, 6.45) is 9.95. The van der Waals surface area contributed by atoms with Crippen LogP contribution < -0.4 is 29.3 Å². The Morgan fingerprint density at radius 2 is 1.27 bits per heavy atom. The number of hydrogen-bond acceptors (Lipinski definition) is 13. The van der Waals surface area contributed by atoms with E-state index in [0.29, 0.717) is 35.9 Å². The molecule has 10 heterocycles. The number of methoxy groups -OCH3 is 3. The summed E-state index contributed by atoms with van der Waals surface area (Å²) in [4.78, 5) is 24.4. The van der Waals surface area contributed by atoms with Crippen molar-refractivity contribution >= 4 is 64.8 Å². The third kappa shape index (κ3) is 8.06. The number of rotatable bonds is 7. The molecule has 10 rings (SSSR count). The van der Waals surface area contributed by atoms with Crippen LogP contribution in [0.4, 0.5) is 10.3 Å². The number of fused-ring (bicyclic) bond motifs is 4. The summed E-state index contributed by atoms with van der Waals surface area (Å²) in [5, 5.41) is 5.80. The van der Waals surface area contributed by atoms with E-state index in [4.69, 9.17) is 14.2 Å². The highest BCUT2D eigenvalue weighted by Gasteiger charge is 2.45. The first-order chi connectivity index (χ1) is 21.9. The fourth-order valence-corrected chi connectivity index (χ4v) is 8.40. The maximum atomic E-state index is 5.11. The van der Waals surface area contributed by atoms with Crippen molar-refractivity contribution in [1.82, 2.24) is 30.2 Å². The third-order valence-corrected chi connectivity index (χ3v) is 11.3. The van der Waals surface area contributed by atoms with Gasteiger partial charge in [0.15, 0.2) is 10.3 Å². The van der Waals surface area contributed by atoms with Crippen molar-refractivity contribution in [1.29, 1.82) is 0 Å². The summed E-state index contributed by atoms with van der Waals surface area (Å²) in [6, 6.07) is 10.3. The number of aromatic nitrogens is 4. The van der Waals surface area contributed by atoms with Gasteiger partial charge in [-0.1, -0.05) is 28.7 Å². The zero-order valence-electron chi connectivity index (χ0n) is 25.3. The van der Waals surface area contributed by atoms with Gasteiger partial charge in [-0.25, -0.2) is 19.9 Å². The van der Waals surface area contributed by atoms with E-state index in [1.165, 1.54) is 18.4 Å². The van der Waals surface area contributed by atoms with Crippen LogP contribution in [0.5, 0.6) is 17.5 Å². The Bertz CT molecular complexity index is 1480. The van der Waals surface area contributed by atoms with Gasteiger partial charge in [-0.05, 0) is 56.3 Å². The van der Waals surface area contributed by atoms with Crippen molar-refractivity contribution in [2.75, 3.05) is 57.3 Å². The molecule has 1 N–H and O–H groups in total. The van der Waals surface area contributed by atoms with E-state index in [-0.39, 0.29) is 0 Å². The average molecular weight is 781 g/mol. The van der Waals surface area contributed by atoms with E-state index in [9.17, 15) is 0 Å². The lowest BCUT2D eigenvalue weighted by Crippen LogP contribution is -2.68. The van der Waals surface area contributed by atoms with Gasteiger partial charge in [0.1, 0.15) is 5.75 Å². The number of thiazole rings is 2. The molecule has 4 aromatic rings. The SMILES string of the molecule is Brc1cnc(N2CC3CC(C2)N3)s1.COc1ccc(CN2C3CC2CN(c2ncc(Br)s2)C3)cn1.COc1ccc(OC)nc1. The summed E-state index contributed by atoms with van der Waals surface area (Å²) >= 11 is 10.4. The van der Waals surface area contributed by atoms with Gasteiger partial charge in [0.2, 0.25) is 11.8 Å². The largest absolute Gasteiger partial charge is 0.495 e. The van der Waals surface area contributed by atoms with Gasteiger partial charge in [-0.2, -0.15) is 0 Å². The molecule has 11 nitrogen and oxygen atoms in total. The molecule has 6 aliphatic heterocycles. The van der Waals surface area contributed by atoms with Crippen molar-refractivity contribution in [3.05, 3.63) is 62.2 Å². The third-order valence-electron chi connectivity index (χ3n) is 8.26. The molecular formula is C30H36Br2N8O3S2. The molecule has 0 aromatic carbocycles. The second-order valence-corrected chi connectivity index (χ2v) is 15.9. The lowest BCUT2D eigenvalue weighted by Gasteiger charge is -2.56. The van der Waals surface area contributed by atoms with Crippen molar-refractivity contribution in [2.45, 2.75) is 43.6 Å². The Hall–Kier alpha value is -2.56. The fourth-order valence-electron chi connectivity index (χ4n) is 6.00. The molecule has 4 aromatic heterocycles. The Morgan fingerprint density at radius 3 is 1.71 bits per heavy atom. The number of hydrogen-bond donors (Lipinski definition) is 1. The summed E-state index contributed by atoms with van der Waals surface area (Å²) in [7, 11) is 4.83. The van der Waals surface area contributed by atoms with Crippen molar-refractivity contribution in [3.8, 4) is 17.5 Å². The number of piperidine rings is 2. The Labute approximate surface area is 288 Å². The van der Waals surface area contributed by atoms with E-state index in [2.05, 4.69) is 77.9 Å². The van der Waals surface area contributed by atoms with Crippen LogP contribution in [0.2, 0.25) is 0 Å². The van der Waals surface area contributed by atoms with E-state index < -0.39 is 0 Å². The normalized spacial score (nSPS) is 23.0. The highest BCUT2D eigenvalue weighted by molar-refractivity contribution is 9.11. The number of ether oxygens (including phenoxy) is 3. The Kier molecular flexibility index (Phi) is 10.7. The van der Waals surface area contributed by atoms with E-state index >= 15 is 0 Å². The molecule has 0 aliphatic carbocycles. The van der Waals surface area contributed by atoms with Crippen LogP contribution in [-0.2, 0) is 6.54 Å². The molecule has 0 saturated carbocycles. The minimum atomic E-state index is 0.598. The zero-order chi connectivity index (χ0) is 31.3. The standard InChI is InChI=1S/C15H17BrN4OS.C8H10BrN3S.C7H9NO2/c1-21-14-3-2-10(5-17-14)7-20-11-4-12(20)9-19(8-11)15-18-6-13(16)22-15;9-7-2-10-8(13-7)12-3-5-1-6(4-12)11-5;1-9-6-3-4-7(10-2)8-5-6/h2-3,5-6,11-12H,4,7-9H2,1H3;2,5-6,11H,1,3-4H2;3-5H,1-2H3. The molecule has 4 bridgehead atoms. The fraction of sp³-hybridized carbons (Fsp3) is 0.467. The number of pyridine rings is 2. The van der Waals surface area contributed by atoms with Crippen LogP contribution in [0.3, 0.4) is 0 Å². The van der Waals surface area contributed by atoms with Crippen molar-refractivity contribution < 1.29 is 14.2 Å². The van der Waals surface area contributed by atoms with Crippen LogP contribution in [0.25, 0.3) is 0 Å². The monoisotopic (exact) mass is 778 g/mol.